The van der Waals surface area contributed by atoms with Crippen molar-refractivity contribution in [2.45, 2.75) is 31.0 Å². The van der Waals surface area contributed by atoms with Gasteiger partial charge in [-0.05, 0) is 0 Å². The van der Waals surface area contributed by atoms with Crippen molar-refractivity contribution in [3.63, 3.8) is 0 Å². The molecular formula is C24H23NO10. The zero-order valence-corrected chi connectivity index (χ0v) is 18.7. The van der Waals surface area contributed by atoms with E-state index >= 15 is 0 Å². The van der Waals surface area contributed by atoms with Gasteiger partial charge in [0.25, 0.3) is 0 Å². The zero-order chi connectivity index (χ0) is 25.5. The number of hydrogen-bond acceptors (Lipinski definition) is 10. The highest BCUT2D eigenvalue weighted by atomic mass is 16.6. The molecule has 0 saturated carbocycles. The molecule has 0 spiro atoms. The minimum absolute atomic E-state index is 0.0539. The Kier molecular flexibility index (Phi) is 6.22. The molecule has 0 heterocycles. The Morgan fingerprint density at radius 2 is 1.69 bits per heavy atom. The lowest BCUT2D eigenvalue weighted by Crippen LogP contribution is -2.44. The van der Waals surface area contributed by atoms with Crippen LogP contribution in [-0.2, 0) is 20.7 Å². The third-order valence-electron chi connectivity index (χ3n) is 6.17. The summed E-state index contributed by atoms with van der Waals surface area (Å²) in [5.41, 5.74) is -2.86. The van der Waals surface area contributed by atoms with E-state index in [0.29, 0.717) is 0 Å². The summed E-state index contributed by atoms with van der Waals surface area (Å²) in [5, 5.41) is 45.9. The van der Waals surface area contributed by atoms with E-state index in [4.69, 9.17) is 4.74 Å². The molecule has 11 heteroatoms. The Labute approximate surface area is 198 Å². The summed E-state index contributed by atoms with van der Waals surface area (Å²) in [4.78, 5) is 49.1. The van der Waals surface area contributed by atoms with Gasteiger partial charge in [-0.2, -0.15) is 0 Å². The number of aromatic hydroxyl groups is 2. The van der Waals surface area contributed by atoms with Gasteiger partial charge in [0.1, 0.15) is 23.7 Å². The highest BCUT2D eigenvalue weighted by molar-refractivity contribution is 6.30. The molecule has 0 aromatic heterocycles. The molecule has 1 amide bonds. The standard InChI is InChI=1S/C24H23NO10/c1-34-15(27)6-7-25-23(32)35-10-24(33)8-13-16(14(26)9-24)22(31)18-17(21(13)30)19(28)11-4-2-3-5-12(11)20(18)29/h2-5,14,26,30-31,33H,6-10H2,1H3,(H,25,32)/t14-,24-/m0/s1. The van der Waals surface area contributed by atoms with Crippen LogP contribution < -0.4 is 5.32 Å². The molecule has 11 nitrogen and oxygen atoms in total. The largest absolute Gasteiger partial charge is 0.507 e. The SMILES string of the molecule is COC(=O)CCNC(=O)OC[C@]1(O)Cc2c(O)c3c(c(O)c2[C@@H](O)C1)C(=O)c1ccccc1C3=O. The van der Waals surface area contributed by atoms with Crippen LogP contribution in [0.15, 0.2) is 24.3 Å². The van der Waals surface area contributed by atoms with Crippen molar-refractivity contribution >= 4 is 23.6 Å². The Bertz CT molecular complexity index is 1250. The summed E-state index contributed by atoms with van der Waals surface area (Å²) in [7, 11) is 1.20. The number of carbonyl (C=O) groups is 4. The van der Waals surface area contributed by atoms with E-state index in [-0.39, 0.29) is 48.1 Å². The van der Waals surface area contributed by atoms with E-state index in [1.165, 1.54) is 19.2 Å². The molecule has 2 atom stereocenters. The van der Waals surface area contributed by atoms with Gasteiger partial charge < -0.3 is 35.2 Å². The number of methoxy groups -OCH3 is 1. The second-order valence-electron chi connectivity index (χ2n) is 8.49. The number of hydrogen-bond donors (Lipinski definition) is 5. The Balaban J connectivity index is 1.61. The Morgan fingerprint density at radius 1 is 1.09 bits per heavy atom. The smallest absolute Gasteiger partial charge is 0.407 e. The van der Waals surface area contributed by atoms with E-state index < -0.39 is 64.6 Å². The average molecular weight is 485 g/mol. The van der Waals surface area contributed by atoms with Crippen LogP contribution in [0.2, 0.25) is 0 Å². The van der Waals surface area contributed by atoms with Crippen molar-refractivity contribution in [2.24, 2.45) is 0 Å². The number of alkyl carbamates (subject to hydrolysis) is 1. The van der Waals surface area contributed by atoms with E-state index in [9.17, 15) is 39.6 Å². The summed E-state index contributed by atoms with van der Waals surface area (Å²) in [5.74, 6) is -3.18. The van der Waals surface area contributed by atoms with E-state index in [2.05, 4.69) is 10.1 Å². The van der Waals surface area contributed by atoms with Crippen molar-refractivity contribution in [1.82, 2.24) is 5.32 Å². The van der Waals surface area contributed by atoms with Crippen molar-refractivity contribution in [2.75, 3.05) is 20.3 Å². The second-order valence-corrected chi connectivity index (χ2v) is 8.49. The predicted molar refractivity (Wildman–Crippen MR) is 117 cm³/mol. The van der Waals surface area contributed by atoms with E-state index in [1.54, 1.807) is 12.1 Å². The number of amides is 1. The van der Waals surface area contributed by atoms with Gasteiger partial charge in [-0.15, -0.1) is 0 Å². The molecular weight excluding hydrogens is 462 g/mol. The van der Waals surface area contributed by atoms with Crippen molar-refractivity contribution in [3.8, 4) is 11.5 Å². The molecule has 5 N–H and O–H groups in total. The molecule has 2 aromatic rings. The van der Waals surface area contributed by atoms with Gasteiger partial charge in [0, 0.05) is 41.6 Å². The van der Waals surface area contributed by atoms with Gasteiger partial charge in [-0.25, -0.2) is 4.79 Å². The summed E-state index contributed by atoms with van der Waals surface area (Å²) < 4.78 is 9.46. The van der Waals surface area contributed by atoms with Crippen molar-refractivity contribution < 1.29 is 49.1 Å². The fraction of sp³-hybridized carbons (Fsp3) is 0.333. The van der Waals surface area contributed by atoms with Gasteiger partial charge >= 0.3 is 12.1 Å². The fourth-order valence-electron chi connectivity index (χ4n) is 4.51. The first-order valence-corrected chi connectivity index (χ1v) is 10.7. The quantitative estimate of drug-likeness (QED) is 0.257. The molecule has 35 heavy (non-hydrogen) atoms. The fourth-order valence-corrected chi connectivity index (χ4v) is 4.51. The normalized spacial score (nSPS) is 20.4. The number of rotatable bonds is 5. The molecule has 2 aliphatic rings. The van der Waals surface area contributed by atoms with Crippen LogP contribution in [0, 0.1) is 0 Å². The number of ether oxygens (including phenoxy) is 2. The van der Waals surface area contributed by atoms with Gasteiger partial charge in [-0.3, -0.25) is 14.4 Å². The molecule has 0 aliphatic heterocycles. The molecule has 0 saturated heterocycles. The Hall–Kier alpha value is -3.96. The number of aliphatic hydroxyl groups excluding tert-OH is 1. The maximum atomic E-state index is 13.1. The molecule has 0 fully saturated rings. The third-order valence-corrected chi connectivity index (χ3v) is 6.17. The number of nitrogens with one attached hydrogen (secondary N) is 1. The highest BCUT2D eigenvalue weighted by Crippen LogP contribution is 2.50. The lowest BCUT2D eigenvalue weighted by molar-refractivity contribution is -0.140. The lowest BCUT2D eigenvalue weighted by Gasteiger charge is -2.37. The number of fused-ring (bicyclic) bond motifs is 3. The number of ketones is 2. The molecule has 2 aromatic carbocycles. The topological polar surface area (TPSA) is 180 Å². The number of phenolic OH excluding ortho intramolecular Hbond substituents is 2. The summed E-state index contributed by atoms with van der Waals surface area (Å²) in [6, 6.07) is 5.97. The first-order valence-electron chi connectivity index (χ1n) is 10.7. The molecule has 0 radical (unpaired) electrons. The third kappa shape index (κ3) is 4.19. The minimum Gasteiger partial charge on any atom is -0.507 e. The van der Waals surface area contributed by atoms with Crippen LogP contribution >= 0.6 is 0 Å². The number of esters is 1. The van der Waals surface area contributed by atoms with Crippen molar-refractivity contribution in [1.29, 1.82) is 0 Å². The number of benzene rings is 2. The molecule has 2 aliphatic carbocycles. The van der Waals surface area contributed by atoms with Gasteiger partial charge in [-0.1, -0.05) is 24.3 Å². The summed E-state index contributed by atoms with van der Waals surface area (Å²) in [6.45, 7) is -0.658. The zero-order valence-electron chi connectivity index (χ0n) is 18.7. The van der Waals surface area contributed by atoms with Crippen LogP contribution in [0.25, 0.3) is 0 Å². The monoisotopic (exact) mass is 485 g/mol. The van der Waals surface area contributed by atoms with Crippen LogP contribution in [0.4, 0.5) is 4.79 Å². The number of phenols is 2. The summed E-state index contributed by atoms with van der Waals surface area (Å²) >= 11 is 0. The highest BCUT2D eigenvalue weighted by Gasteiger charge is 2.45. The van der Waals surface area contributed by atoms with Crippen LogP contribution in [0.3, 0.4) is 0 Å². The number of carbonyl (C=O) groups excluding carboxylic acids is 4. The first kappa shape index (κ1) is 24.2. The first-order chi connectivity index (χ1) is 16.6. The van der Waals surface area contributed by atoms with E-state index in [0.717, 1.165) is 0 Å². The molecule has 4 rings (SSSR count). The Morgan fingerprint density at radius 3 is 2.29 bits per heavy atom. The average Bonchev–Trinajstić information content (AvgIpc) is 2.83. The van der Waals surface area contributed by atoms with Crippen LogP contribution in [0.1, 0.15) is 61.9 Å². The summed E-state index contributed by atoms with van der Waals surface area (Å²) in [6.07, 6.45) is -3.33. The van der Waals surface area contributed by atoms with Crippen molar-refractivity contribution in [3.05, 3.63) is 57.6 Å². The van der Waals surface area contributed by atoms with Crippen LogP contribution in [-0.4, -0.2) is 69.9 Å². The second kappa shape index (κ2) is 9.01. The molecule has 0 bridgehead atoms. The predicted octanol–water partition coefficient (Wildman–Crippen LogP) is 0.873. The minimum atomic E-state index is -1.86. The maximum absolute atomic E-state index is 13.1. The maximum Gasteiger partial charge on any atom is 0.407 e. The molecule has 0 unspecified atom stereocenters. The van der Waals surface area contributed by atoms with Gasteiger partial charge in [0.05, 0.1) is 30.8 Å². The van der Waals surface area contributed by atoms with Gasteiger partial charge in [0.2, 0.25) is 0 Å². The number of aliphatic hydroxyl groups is 2. The van der Waals surface area contributed by atoms with E-state index in [1.807, 2.05) is 0 Å². The van der Waals surface area contributed by atoms with Crippen LogP contribution in [0.5, 0.6) is 11.5 Å². The van der Waals surface area contributed by atoms with Gasteiger partial charge in [0.15, 0.2) is 11.6 Å². The lowest BCUT2D eigenvalue weighted by atomic mass is 9.73. The molecule has 184 valence electrons.